The van der Waals surface area contributed by atoms with Crippen molar-refractivity contribution in [2.75, 3.05) is 20.8 Å². The first kappa shape index (κ1) is 18.6. The average molecular weight is 374 g/mol. The maximum atomic E-state index is 12.9. The van der Waals surface area contributed by atoms with Crippen molar-refractivity contribution < 1.29 is 14.3 Å². The highest BCUT2D eigenvalue weighted by molar-refractivity contribution is 6.31. The zero-order chi connectivity index (χ0) is 18.8. The van der Waals surface area contributed by atoms with Gasteiger partial charge >= 0.3 is 0 Å². The van der Waals surface area contributed by atoms with Crippen LogP contribution in [-0.2, 0) is 11.2 Å². The molecule has 0 aromatic heterocycles. The largest absolute Gasteiger partial charge is 0.493 e. The fraction of sp³-hybridized carbons (Fsp3) is 0.381. The summed E-state index contributed by atoms with van der Waals surface area (Å²) in [5, 5.41) is 0.654. The van der Waals surface area contributed by atoms with E-state index in [0.29, 0.717) is 23.1 Å². The van der Waals surface area contributed by atoms with Gasteiger partial charge in [0.2, 0.25) is 5.91 Å². The Labute approximate surface area is 159 Å². The number of benzene rings is 2. The van der Waals surface area contributed by atoms with E-state index in [-0.39, 0.29) is 17.9 Å². The number of fused-ring (bicyclic) bond motifs is 1. The molecule has 4 nitrogen and oxygen atoms in total. The number of ether oxygens (including phenoxy) is 2. The zero-order valence-corrected chi connectivity index (χ0v) is 16.3. The monoisotopic (exact) mass is 373 g/mol. The van der Waals surface area contributed by atoms with Gasteiger partial charge in [-0.2, -0.15) is 0 Å². The fourth-order valence-electron chi connectivity index (χ4n) is 3.55. The second-order valence-corrected chi connectivity index (χ2v) is 7.17. The lowest BCUT2D eigenvalue weighted by molar-refractivity contribution is -0.136. The van der Waals surface area contributed by atoms with E-state index < -0.39 is 0 Å². The second kappa shape index (κ2) is 7.58. The Morgan fingerprint density at radius 2 is 1.77 bits per heavy atom. The molecule has 2 aromatic rings. The van der Waals surface area contributed by atoms with Gasteiger partial charge in [-0.15, -0.1) is 0 Å². The summed E-state index contributed by atoms with van der Waals surface area (Å²) >= 11 is 6.51. The van der Waals surface area contributed by atoms with Crippen molar-refractivity contribution in [3.63, 3.8) is 0 Å². The Bertz CT molecular complexity index is 819. The summed E-state index contributed by atoms with van der Waals surface area (Å²) in [6, 6.07) is 11.5. The van der Waals surface area contributed by atoms with E-state index in [4.69, 9.17) is 21.1 Å². The normalized spacial score (nSPS) is 16.4. The van der Waals surface area contributed by atoms with Gasteiger partial charge in [0.1, 0.15) is 0 Å². The van der Waals surface area contributed by atoms with E-state index in [1.807, 2.05) is 55.1 Å². The topological polar surface area (TPSA) is 38.8 Å². The highest BCUT2D eigenvalue weighted by Crippen LogP contribution is 2.43. The molecule has 1 aliphatic rings. The van der Waals surface area contributed by atoms with E-state index in [0.717, 1.165) is 23.1 Å². The van der Waals surface area contributed by atoms with Gasteiger partial charge < -0.3 is 14.4 Å². The SMILES string of the molecule is COc1cc2c(cc1OC)C(c1ccccc1Cl)N(C(=O)C(C)C)CC2. The molecule has 5 heteroatoms. The van der Waals surface area contributed by atoms with Gasteiger partial charge in [0.15, 0.2) is 11.5 Å². The average Bonchev–Trinajstić information content (AvgIpc) is 2.65. The number of hydrogen-bond donors (Lipinski definition) is 0. The van der Waals surface area contributed by atoms with E-state index in [1.54, 1.807) is 14.2 Å². The van der Waals surface area contributed by atoms with E-state index in [1.165, 1.54) is 0 Å². The van der Waals surface area contributed by atoms with Crippen LogP contribution in [0.2, 0.25) is 5.02 Å². The molecule has 0 spiro atoms. The van der Waals surface area contributed by atoms with Gasteiger partial charge in [0.25, 0.3) is 0 Å². The van der Waals surface area contributed by atoms with Crippen LogP contribution in [0.5, 0.6) is 11.5 Å². The van der Waals surface area contributed by atoms with E-state index in [9.17, 15) is 4.79 Å². The Morgan fingerprint density at radius 1 is 1.12 bits per heavy atom. The van der Waals surface area contributed by atoms with Crippen LogP contribution in [0.15, 0.2) is 36.4 Å². The third kappa shape index (κ3) is 3.26. The first-order valence-electron chi connectivity index (χ1n) is 8.77. The highest BCUT2D eigenvalue weighted by Gasteiger charge is 2.35. The van der Waals surface area contributed by atoms with Crippen LogP contribution >= 0.6 is 11.6 Å². The van der Waals surface area contributed by atoms with Gasteiger partial charge in [0.05, 0.1) is 20.3 Å². The third-order valence-corrected chi connectivity index (χ3v) is 5.19. The maximum absolute atomic E-state index is 12.9. The summed E-state index contributed by atoms with van der Waals surface area (Å²) in [5.41, 5.74) is 3.12. The Balaban J connectivity index is 2.20. The molecule has 0 fully saturated rings. The van der Waals surface area contributed by atoms with Crippen LogP contribution in [0.3, 0.4) is 0 Å². The van der Waals surface area contributed by atoms with Crippen molar-refractivity contribution in [2.24, 2.45) is 5.92 Å². The lowest BCUT2D eigenvalue weighted by Gasteiger charge is -2.39. The number of nitrogens with zero attached hydrogens (tertiary/aromatic N) is 1. The van der Waals surface area contributed by atoms with Crippen LogP contribution in [-0.4, -0.2) is 31.6 Å². The molecular formula is C21H24ClNO3. The minimum Gasteiger partial charge on any atom is -0.493 e. The third-order valence-electron chi connectivity index (χ3n) is 4.85. The van der Waals surface area contributed by atoms with Crippen molar-refractivity contribution in [2.45, 2.75) is 26.3 Å². The number of rotatable bonds is 4. The number of halogens is 1. The van der Waals surface area contributed by atoms with Crippen molar-refractivity contribution in [3.05, 3.63) is 58.1 Å². The highest BCUT2D eigenvalue weighted by atomic mass is 35.5. The molecule has 1 amide bonds. The van der Waals surface area contributed by atoms with Crippen molar-refractivity contribution in [1.82, 2.24) is 4.90 Å². The molecule has 0 bridgehead atoms. The fourth-order valence-corrected chi connectivity index (χ4v) is 3.79. The number of carbonyl (C=O) groups is 1. The zero-order valence-electron chi connectivity index (χ0n) is 15.6. The van der Waals surface area contributed by atoms with Crippen molar-refractivity contribution in [1.29, 1.82) is 0 Å². The van der Waals surface area contributed by atoms with Gasteiger partial charge in [-0.3, -0.25) is 4.79 Å². The number of carbonyl (C=O) groups excluding carboxylic acids is 1. The van der Waals surface area contributed by atoms with E-state index in [2.05, 4.69) is 0 Å². The Kier molecular flexibility index (Phi) is 5.42. The molecule has 1 unspecified atom stereocenters. The molecule has 26 heavy (non-hydrogen) atoms. The Morgan fingerprint density at radius 3 is 2.38 bits per heavy atom. The van der Waals surface area contributed by atoms with Crippen LogP contribution < -0.4 is 9.47 Å². The smallest absolute Gasteiger partial charge is 0.225 e. The lowest BCUT2D eigenvalue weighted by atomic mass is 9.87. The first-order valence-corrected chi connectivity index (χ1v) is 9.15. The minimum atomic E-state index is -0.234. The molecule has 0 saturated heterocycles. The summed E-state index contributed by atoms with van der Waals surface area (Å²) in [6.07, 6.45) is 0.773. The maximum Gasteiger partial charge on any atom is 0.225 e. The number of hydrogen-bond acceptors (Lipinski definition) is 3. The molecule has 2 aromatic carbocycles. The van der Waals surface area contributed by atoms with E-state index >= 15 is 0 Å². The van der Waals surface area contributed by atoms with Gasteiger partial charge in [0, 0.05) is 17.5 Å². The molecular weight excluding hydrogens is 350 g/mol. The molecule has 0 aliphatic carbocycles. The molecule has 0 N–H and O–H groups in total. The quantitative estimate of drug-likeness (QED) is 0.792. The molecule has 0 radical (unpaired) electrons. The minimum absolute atomic E-state index is 0.0818. The summed E-state index contributed by atoms with van der Waals surface area (Å²) < 4.78 is 10.9. The van der Waals surface area contributed by atoms with Crippen molar-refractivity contribution in [3.8, 4) is 11.5 Å². The van der Waals surface area contributed by atoms with Crippen LogP contribution in [0.25, 0.3) is 0 Å². The van der Waals surface area contributed by atoms with Gasteiger partial charge in [-0.05, 0) is 41.3 Å². The predicted molar refractivity (Wildman–Crippen MR) is 103 cm³/mol. The molecule has 3 rings (SSSR count). The number of amides is 1. The first-order chi connectivity index (χ1) is 12.5. The summed E-state index contributed by atoms with van der Waals surface area (Å²) in [4.78, 5) is 14.8. The molecule has 0 saturated carbocycles. The molecule has 138 valence electrons. The lowest BCUT2D eigenvalue weighted by Crippen LogP contribution is -2.42. The second-order valence-electron chi connectivity index (χ2n) is 6.77. The van der Waals surface area contributed by atoms with Gasteiger partial charge in [-0.25, -0.2) is 0 Å². The Hall–Kier alpha value is -2.20. The summed E-state index contributed by atoms with van der Waals surface area (Å²) in [7, 11) is 3.25. The number of methoxy groups -OCH3 is 2. The molecule has 1 heterocycles. The molecule has 1 aliphatic heterocycles. The van der Waals surface area contributed by atoms with Crippen LogP contribution in [0, 0.1) is 5.92 Å². The van der Waals surface area contributed by atoms with Gasteiger partial charge in [-0.1, -0.05) is 43.6 Å². The van der Waals surface area contributed by atoms with Crippen LogP contribution in [0.4, 0.5) is 0 Å². The predicted octanol–water partition coefficient (Wildman–Crippen LogP) is 4.49. The standard InChI is InChI=1S/C21H24ClNO3/c1-13(2)21(24)23-10-9-14-11-18(25-3)19(26-4)12-16(14)20(23)15-7-5-6-8-17(15)22/h5-8,11-13,20H,9-10H2,1-4H3. The van der Waals surface area contributed by atoms with Crippen LogP contribution in [0.1, 0.15) is 36.6 Å². The molecule has 1 atom stereocenters. The summed E-state index contributed by atoms with van der Waals surface area (Å²) in [5.74, 6) is 1.40. The summed E-state index contributed by atoms with van der Waals surface area (Å²) in [6.45, 7) is 4.50. The van der Waals surface area contributed by atoms with Crippen molar-refractivity contribution >= 4 is 17.5 Å².